The van der Waals surface area contributed by atoms with Crippen LogP contribution in [0.15, 0.2) is 0 Å². The number of nitrogens with one attached hydrogen (secondary N) is 2. The molecule has 318 valence electrons. The van der Waals surface area contributed by atoms with Gasteiger partial charge in [0.15, 0.2) is 0 Å². The van der Waals surface area contributed by atoms with E-state index in [2.05, 4.69) is 93.7 Å². The van der Waals surface area contributed by atoms with E-state index in [1.807, 2.05) is 0 Å². The molecule has 0 bridgehead atoms. The number of carbonyl (C=O) groups excluding carboxylic acids is 6. The van der Waals surface area contributed by atoms with Crippen LogP contribution in [0.2, 0.25) is 0 Å². The van der Waals surface area contributed by atoms with Crippen molar-refractivity contribution in [3.8, 4) is 0 Å². The Labute approximate surface area is 343 Å². The minimum Gasteiger partial charge on any atom is -0.356 e. The molecule has 0 aromatic heterocycles. The van der Waals surface area contributed by atoms with E-state index in [-0.39, 0.29) is 95.5 Å². The van der Waals surface area contributed by atoms with Crippen LogP contribution in [0.25, 0.3) is 0 Å². The zero-order chi connectivity index (χ0) is 42.0. The first-order valence-electron chi connectivity index (χ1n) is 20.7. The SMILES string of the molecule is CC(C)(C)CCCCCCSC1CC(=O)N(CCC(=O)NCCC(C)(C)C)C1=O.CC(C)(C)CCCSC1CC(=O)N(CCC(=O)NCCC(C)(C)C)C1=O. The summed E-state index contributed by atoms with van der Waals surface area (Å²) in [6, 6.07) is 0. The molecule has 2 heterocycles. The van der Waals surface area contributed by atoms with E-state index in [0.717, 1.165) is 43.6 Å². The van der Waals surface area contributed by atoms with Crippen molar-refractivity contribution in [3.05, 3.63) is 0 Å². The van der Waals surface area contributed by atoms with Gasteiger partial charge in [0.05, 0.1) is 10.5 Å². The Hall–Kier alpha value is -2.08. The van der Waals surface area contributed by atoms with Gasteiger partial charge in [-0.05, 0) is 71.7 Å². The van der Waals surface area contributed by atoms with Crippen molar-refractivity contribution < 1.29 is 28.8 Å². The van der Waals surface area contributed by atoms with Crippen LogP contribution >= 0.6 is 23.5 Å². The molecule has 2 fully saturated rings. The number of imide groups is 2. The van der Waals surface area contributed by atoms with Crippen molar-refractivity contribution in [2.45, 2.75) is 177 Å². The van der Waals surface area contributed by atoms with E-state index in [0.29, 0.717) is 23.9 Å². The van der Waals surface area contributed by atoms with E-state index in [9.17, 15) is 28.8 Å². The zero-order valence-electron chi connectivity index (χ0n) is 36.8. The van der Waals surface area contributed by atoms with E-state index < -0.39 is 0 Å². The maximum absolute atomic E-state index is 12.5. The van der Waals surface area contributed by atoms with Crippen molar-refractivity contribution >= 4 is 59.0 Å². The fourth-order valence-corrected chi connectivity index (χ4v) is 8.27. The lowest BCUT2D eigenvalue weighted by Crippen LogP contribution is -2.36. The molecule has 2 atom stereocenters. The predicted octanol–water partition coefficient (Wildman–Crippen LogP) is 8.40. The topological polar surface area (TPSA) is 133 Å². The van der Waals surface area contributed by atoms with Crippen molar-refractivity contribution in [1.82, 2.24) is 20.4 Å². The molecule has 2 N–H and O–H groups in total. The van der Waals surface area contributed by atoms with Crippen LogP contribution in [-0.2, 0) is 28.8 Å². The largest absolute Gasteiger partial charge is 0.356 e. The second kappa shape index (κ2) is 24.0. The van der Waals surface area contributed by atoms with E-state index in [4.69, 9.17) is 0 Å². The van der Waals surface area contributed by atoms with E-state index in [1.165, 1.54) is 35.5 Å². The molecule has 2 rings (SSSR count). The van der Waals surface area contributed by atoms with Crippen LogP contribution in [0.5, 0.6) is 0 Å². The summed E-state index contributed by atoms with van der Waals surface area (Å²) in [6.45, 7) is 27.8. The molecule has 2 unspecified atom stereocenters. The van der Waals surface area contributed by atoms with Crippen LogP contribution in [0.3, 0.4) is 0 Å². The summed E-state index contributed by atoms with van der Waals surface area (Å²) >= 11 is 3.18. The molecule has 2 aliphatic heterocycles. The molecule has 10 nitrogen and oxygen atoms in total. The lowest BCUT2D eigenvalue weighted by Gasteiger charge is -2.19. The quantitative estimate of drug-likeness (QED) is 0.0873. The third kappa shape index (κ3) is 24.3. The van der Waals surface area contributed by atoms with Gasteiger partial charge in [-0.3, -0.25) is 38.6 Å². The summed E-state index contributed by atoms with van der Waals surface area (Å²) in [7, 11) is 0. The zero-order valence-corrected chi connectivity index (χ0v) is 38.4. The van der Waals surface area contributed by atoms with Crippen LogP contribution in [-0.4, -0.2) is 93.4 Å². The van der Waals surface area contributed by atoms with Crippen molar-refractivity contribution in [2.75, 3.05) is 37.7 Å². The third-order valence-corrected chi connectivity index (χ3v) is 12.0. The van der Waals surface area contributed by atoms with Gasteiger partial charge in [0.2, 0.25) is 35.4 Å². The van der Waals surface area contributed by atoms with Gasteiger partial charge in [-0.1, -0.05) is 102 Å². The second-order valence-electron chi connectivity index (χ2n) is 20.1. The number of rotatable bonds is 21. The molecule has 0 aliphatic carbocycles. The number of thioether (sulfide) groups is 2. The van der Waals surface area contributed by atoms with E-state index >= 15 is 0 Å². The summed E-state index contributed by atoms with van der Waals surface area (Å²) in [5, 5.41) is 5.21. The lowest BCUT2D eigenvalue weighted by molar-refractivity contribution is -0.140. The highest BCUT2D eigenvalue weighted by atomic mass is 32.2. The average Bonchev–Trinajstić information content (AvgIpc) is 3.45. The van der Waals surface area contributed by atoms with Crippen molar-refractivity contribution in [1.29, 1.82) is 0 Å². The monoisotopic (exact) mass is 811 g/mol. The molecule has 55 heavy (non-hydrogen) atoms. The van der Waals surface area contributed by atoms with Gasteiger partial charge >= 0.3 is 0 Å². The first-order chi connectivity index (χ1) is 25.3. The fourth-order valence-electron chi connectivity index (χ4n) is 5.96. The number of likely N-dealkylation sites (tertiary alicyclic amines) is 2. The highest BCUT2D eigenvalue weighted by molar-refractivity contribution is 8.00. The normalized spacial score (nSPS) is 18.2. The highest BCUT2D eigenvalue weighted by Crippen LogP contribution is 2.29. The Morgan fingerprint density at radius 3 is 1.25 bits per heavy atom. The first kappa shape index (κ1) is 50.9. The van der Waals surface area contributed by atoms with E-state index in [1.54, 1.807) is 23.5 Å². The van der Waals surface area contributed by atoms with Crippen LogP contribution in [0.4, 0.5) is 0 Å². The van der Waals surface area contributed by atoms with Crippen molar-refractivity contribution in [2.24, 2.45) is 21.7 Å². The van der Waals surface area contributed by atoms with Gasteiger partial charge < -0.3 is 10.6 Å². The third-order valence-electron chi connectivity index (χ3n) is 9.45. The Balaban J connectivity index is 0.000000553. The minimum atomic E-state index is -0.272. The van der Waals surface area contributed by atoms with Gasteiger partial charge in [0.1, 0.15) is 0 Å². The predicted molar refractivity (Wildman–Crippen MR) is 230 cm³/mol. The van der Waals surface area contributed by atoms with Crippen LogP contribution in [0, 0.1) is 21.7 Å². The molecule has 0 spiro atoms. The molecule has 0 aromatic rings. The van der Waals surface area contributed by atoms with Gasteiger partial charge in [0.25, 0.3) is 0 Å². The molecule has 2 aliphatic rings. The average molecular weight is 811 g/mol. The smallest absolute Gasteiger partial charge is 0.242 e. The van der Waals surface area contributed by atoms with Crippen LogP contribution < -0.4 is 10.6 Å². The Morgan fingerprint density at radius 2 is 0.873 bits per heavy atom. The molecule has 6 amide bonds. The van der Waals surface area contributed by atoms with Gasteiger partial charge in [0, 0.05) is 51.9 Å². The minimum absolute atomic E-state index is 0.0961. The molecule has 12 heteroatoms. The number of amides is 6. The molecular formula is C43H78N4O6S2. The molecule has 0 saturated carbocycles. The summed E-state index contributed by atoms with van der Waals surface area (Å²) in [5.41, 5.74) is 1.04. The Kier molecular flexibility index (Phi) is 22.2. The number of unbranched alkanes of at least 4 members (excludes halogenated alkanes) is 3. The summed E-state index contributed by atoms with van der Waals surface area (Å²) in [4.78, 5) is 75.7. The maximum atomic E-state index is 12.5. The number of carbonyl (C=O) groups is 6. The Bertz CT molecular complexity index is 1250. The maximum Gasteiger partial charge on any atom is 0.242 e. The van der Waals surface area contributed by atoms with Gasteiger partial charge in [-0.15, -0.1) is 23.5 Å². The summed E-state index contributed by atoms with van der Waals surface area (Å²) < 4.78 is 0. The standard InChI is InChI=1S/C23H42N2O3S.C20H36N2O3S/c1-22(2,3)12-9-7-8-10-16-29-18-17-20(27)25(21(18)28)15-11-19(26)24-14-13-23(4,5)6;1-19(2,3)9-7-13-26-15-14-17(24)22(18(15)25)12-8-16(23)21-11-10-20(4,5)6/h18H,7-17H2,1-6H3,(H,24,26);15H,7-14H2,1-6H3,(H,21,23). The molecule has 2 saturated heterocycles. The number of hydrogen-bond donors (Lipinski definition) is 2. The number of hydrogen-bond acceptors (Lipinski definition) is 8. The molecular weight excluding hydrogens is 733 g/mol. The summed E-state index contributed by atoms with van der Waals surface area (Å²) in [5.74, 6) is 1.08. The second-order valence-corrected chi connectivity index (χ2v) is 22.7. The fraction of sp³-hybridized carbons (Fsp3) is 0.860. The Morgan fingerprint density at radius 1 is 0.527 bits per heavy atom. The van der Waals surface area contributed by atoms with Crippen molar-refractivity contribution in [3.63, 3.8) is 0 Å². The first-order valence-corrected chi connectivity index (χ1v) is 22.8. The summed E-state index contributed by atoms with van der Waals surface area (Å²) in [6.07, 6.45) is 10.8. The highest BCUT2D eigenvalue weighted by Gasteiger charge is 2.39. The van der Waals surface area contributed by atoms with Crippen LogP contribution in [0.1, 0.15) is 167 Å². The number of nitrogens with zero attached hydrogens (tertiary/aromatic N) is 2. The van der Waals surface area contributed by atoms with Gasteiger partial charge in [-0.2, -0.15) is 0 Å². The molecule has 0 aromatic carbocycles. The molecule has 0 radical (unpaired) electrons. The van der Waals surface area contributed by atoms with Gasteiger partial charge in [-0.25, -0.2) is 0 Å². The lowest BCUT2D eigenvalue weighted by atomic mass is 9.89.